The standard InChI is InChI=1S/C21H36N2.C11H26N3.C2H6.CH4O.H2/c1-14(22)16-6-7-17-15-8-13-21(23)11-5-4-10-20(21,3)18(15)9-12-19(16,17)2;1-6-8-12-9-11-13(10-7-2)14(3,4)5;2*1-2;/h15-18,22H,4-13,23H2,1-3H3;6,12H,1,7-11H2,2-5H3;1-2H3;2H,1H3;1H/q;+1;;;. The van der Waals surface area contributed by atoms with Crippen LogP contribution in [-0.4, -0.2) is 80.4 Å². The minimum Gasteiger partial charge on any atom is -0.400 e. The Kier molecular flexibility index (Phi) is 15.8. The van der Waals surface area contributed by atoms with Gasteiger partial charge >= 0.3 is 0 Å². The molecule has 4 rings (SSSR count). The van der Waals surface area contributed by atoms with Gasteiger partial charge in [0, 0.05) is 45.3 Å². The molecule has 4 aliphatic carbocycles. The van der Waals surface area contributed by atoms with Crippen molar-refractivity contribution in [3.63, 3.8) is 0 Å². The molecular formula is C35H74N5O+. The maximum atomic E-state index is 8.27. The molecule has 0 bridgehead atoms. The van der Waals surface area contributed by atoms with Crippen LogP contribution >= 0.6 is 0 Å². The lowest BCUT2D eigenvalue weighted by Gasteiger charge is -2.64. The molecule has 0 saturated heterocycles. The van der Waals surface area contributed by atoms with Crippen molar-refractivity contribution in [2.24, 2.45) is 40.2 Å². The maximum Gasteiger partial charge on any atom is 0.0855 e. The number of quaternary nitrogens is 1. The summed E-state index contributed by atoms with van der Waals surface area (Å²) in [6.07, 6.45) is 16.4. The van der Waals surface area contributed by atoms with E-state index in [4.69, 9.17) is 16.2 Å². The van der Waals surface area contributed by atoms with Gasteiger partial charge in [-0.1, -0.05) is 53.5 Å². The molecule has 0 aromatic carbocycles. The zero-order chi connectivity index (χ0) is 31.5. The molecular weight excluding hydrogens is 506 g/mol. The topological polar surface area (TPSA) is 85.4 Å². The zero-order valence-corrected chi connectivity index (χ0v) is 29.1. The first-order chi connectivity index (χ1) is 19.3. The van der Waals surface area contributed by atoms with Gasteiger partial charge in [-0.25, -0.2) is 0 Å². The molecule has 0 aromatic rings. The largest absolute Gasteiger partial charge is 0.400 e. The minimum atomic E-state index is 0. The van der Waals surface area contributed by atoms with Gasteiger partial charge in [0.25, 0.3) is 0 Å². The second-order valence-corrected chi connectivity index (χ2v) is 14.4. The molecule has 6 heteroatoms. The highest BCUT2D eigenvalue weighted by Crippen LogP contribution is 2.67. The van der Waals surface area contributed by atoms with E-state index in [1.807, 2.05) is 19.9 Å². The van der Waals surface area contributed by atoms with Crippen molar-refractivity contribution in [2.75, 3.05) is 54.4 Å². The molecule has 244 valence electrons. The van der Waals surface area contributed by atoms with Crippen LogP contribution in [0.2, 0.25) is 0 Å². The molecule has 0 heterocycles. The number of nitrogens with one attached hydrogen (secondary N) is 2. The van der Waals surface area contributed by atoms with Gasteiger partial charge in [-0.15, -0.1) is 6.58 Å². The number of nitrogens with zero attached hydrogens (tertiary/aromatic N) is 2. The average Bonchev–Trinajstić information content (AvgIpc) is 3.30. The smallest absolute Gasteiger partial charge is 0.0855 e. The summed E-state index contributed by atoms with van der Waals surface area (Å²) in [5.74, 6) is 3.15. The van der Waals surface area contributed by atoms with E-state index in [9.17, 15) is 0 Å². The zero-order valence-electron chi connectivity index (χ0n) is 29.1. The highest BCUT2D eigenvalue weighted by Gasteiger charge is 2.63. The predicted molar refractivity (Wildman–Crippen MR) is 181 cm³/mol. The Morgan fingerprint density at radius 1 is 1.02 bits per heavy atom. The third kappa shape index (κ3) is 8.65. The third-order valence-corrected chi connectivity index (χ3v) is 11.6. The Morgan fingerprint density at radius 3 is 2.22 bits per heavy atom. The summed E-state index contributed by atoms with van der Waals surface area (Å²) in [7, 11) is 7.63. The summed E-state index contributed by atoms with van der Waals surface area (Å²) in [4.78, 5) is 0. The normalized spacial score (nSPS) is 35.6. The molecule has 7 atom stereocenters. The van der Waals surface area contributed by atoms with E-state index in [2.05, 4.69) is 65.7 Å². The van der Waals surface area contributed by atoms with Crippen LogP contribution in [0.1, 0.15) is 114 Å². The number of nitrogens with two attached hydrogens (primary N) is 1. The van der Waals surface area contributed by atoms with Crippen LogP contribution in [0, 0.1) is 39.9 Å². The van der Waals surface area contributed by atoms with Crippen LogP contribution in [0.25, 0.3) is 0 Å². The van der Waals surface area contributed by atoms with Gasteiger partial charge in [0.05, 0.1) is 27.7 Å². The number of fused-ring (bicyclic) bond motifs is 5. The van der Waals surface area contributed by atoms with Crippen molar-refractivity contribution >= 4 is 5.71 Å². The van der Waals surface area contributed by atoms with E-state index in [0.29, 0.717) is 16.7 Å². The molecule has 6 nitrogen and oxygen atoms in total. The van der Waals surface area contributed by atoms with E-state index in [0.717, 1.165) is 61.3 Å². The molecule has 0 radical (unpaired) electrons. The van der Waals surface area contributed by atoms with Gasteiger partial charge < -0.3 is 21.6 Å². The van der Waals surface area contributed by atoms with Crippen molar-refractivity contribution in [2.45, 2.75) is 118 Å². The molecule has 0 amide bonds. The van der Waals surface area contributed by atoms with Crippen molar-refractivity contribution in [1.29, 1.82) is 5.41 Å². The maximum absolute atomic E-state index is 8.27. The second kappa shape index (κ2) is 16.9. The molecule has 4 fully saturated rings. The van der Waals surface area contributed by atoms with Crippen LogP contribution in [0.4, 0.5) is 0 Å². The van der Waals surface area contributed by atoms with Crippen molar-refractivity contribution in [1.82, 2.24) is 10.3 Å². The van der Waals surface area contributed by atoms with Crippen molar-refractivity contribution in [3.8, 4) is 0 Å². The van der Waals surface area contributed by atoms with E-state index >= 15 is 0 Å². The lowest BCUT2D eigenvalue weighted by Crippen LogP contribution is -2.65. The molecule has 5 N–H and O–H groups in total. The highest BCUT2D eigenvalue weighted by molar-refractivity contribution is 5.82. The molecule has 41 heavy (non-hydrogen) atoms. The number of hydrogen-bond acceptors (Lipinski definition) is 5. The summed E-state index contributed by atoms with van der Waals surface area (Å²) in [5.41, 5.74) is 8.88. The Hall–Kier alpha value is -0.790. The SMILES string of the molecule is C=CCNCCN(CCC)[N+](C)(C)C.CC.CC(=N)C1CCC2C3CCC4(N)CCCCC4(C)C3CCC12C.CO.[HH]. The number of aliphatic hydroxyl groups is 1. The van der Waals surface area contributed by atoms with Crippen LogP contribution in [0.5, 0.6) is 0 Å². The fourth-order valence-electron chi connectivity index (χ4n) is 9.43. The first-order valence-electron chi connectivity index (χ1n) is 17.0. The molecule has 4 saturated carbocycles. The van der Waals surface area contributed by atoms with Crippen LogP contribution in [0.15, 0.2) is 12.7 Å². The van der Waals surface area contributed by atoms with Gasteiger partial charge in [-0.05, 0) is 93.3 Å². The monoisotopic (exact) mass is 581 g/mol. The summed E-state index contributed by atoms with van der Waals surface area (Å²) in [6, 6.07) is 0. The van der Waals surface area contributed by atoms with Gasteiger partial charge in [0.15, 0.2) is 0 Å². The van der Waals surface area contributed by atoms with Gasteiger partial charge in [0.2, 0.25) is 0 Å². The van der Waals surface area contributed by atoms with Crippen molar-refractivity contribution in [3.05, 3.63) is 12.7 Å². The lowest BCUT2D eigenvalue weighted by molar-refractivity contribution is -0.986. The summed E-state index contributed by atoms with van der Waals surface area (Å²) in [5, 5.41) is 21.0. The second-order valence-electron chi connectivity index (χ2n) is 14.4. The van der Waals surface area contributed by atoms with Gasteiger partial charge in [-0.2, -0.15) is 5.01 Å². The summed E-state index contributed by atoms with van der Waals surface area (Å²) < 4.78 is 0.906. The van der Waals surface area contributed by atoms with Crippen LogP contribution < -0.4 is 11.1 Å². The predicted octanol–water partition coefficient (Wildman–Crippen LogP) is 7.13. The van der Waals surface area contributed by atoms with Crippen LogP contribution in [-0.2, 0) is 0 Å². The minimum absolute atomic E-state index is 0. The molecule has 0 spiro atoms. The van der Waals surface area contributed by atoms with Crippen molar-refractivity contribution < 1.29 is 11.1 Å². The Balaban J connectivity index is 0.000000772. The Labute approximate surface area is 257 Å². The van der Waals surface area contributed by atoms with E-state index in [1.165, 1.54) is 70.6 Å². The van der Waals surface area contributed by atoms with Crippen LogP contribution in [0.3, 0.4) is 0 Å². The summed E-state index contributed by atoms with van der Waals surface area (Å²) in [6.45, 7) is 21.2. The summed E-state index contributed by atoms with van der Waals surface area (Å²) >= 11 is 0. The Morgan fingerprint density at radius 2 is 1.66 bits per heavy atom. The van der Waals surface area contributed by atoms with Gasteiger partial charge in [0.1, 0.15) is 0 Å². The quantitative estimate of drug-likeness (QED) is 0.0768. The molecule has 0 aliphatic heterocycles. The third-order valence-electron chi connectivity index (χ3n) is 11.6. The first-order valence-corrected chi connectivity index (χ1v) is 17.0. The molecule has 7 unspecified atom stereocenters. The fraction of sp³-hybridized carbons (Fsp3) is 0.914. The number of aliphatic hydroxyl groups excluding tert-OH is 1. The van der Waals surface area contributed by atoms with E-state index in [-0.39, 0.29) is 6.97 Å². The number of rotatable bonds is 9. The van der Waals surface area contributed by atoms with E-state index < -0.39 is 0 Å². The van der Waals surface area contributed by atoms with Gasteiger partial charge in [-0.3, -0.25) is 4.59 Å². The van der Waals surface area contributed by atoms with E-state index in [1.54, 1.807) is 0 Å². The lowest BCUT2D eigenvalue weighted by atomic mass is 9.42. The highest BCUT2D eigenvalue weighted by atomic mass is 16.2. The molecule has 0 aromatic heterocycles. The number of hydrogen-bond donors (Lipinski definition) is 4. The Bertz CT molecular complexity index is 788. The average molecular weight is 581 g/mol. The molecule has 4 aliphatic rings. The first kappa shape index (κ1) is 38.2. The fourth-order valence-corrected chi connectivity index (χ4v) is 9.43.